The lowest BCUT2D eigenvalue weighted by molar-refractivity contribution is 0.112. The van der Waals surface area contributed by atoms with Crippen LogP contribution < -0.4 is 9.80 Å². The lowest BCUT2D eigenvalue weighted by Crippen LogP contribution is -2.46. The third-order valence-corrected chi connectivity index (χ3v) is 5.14. The van der Waals surface area contributed by atoms with Crippen molar-refractivity contribution in [1.29, 1.82) is 0 Å². The molecular weight excluding hydrogens is 329 g/mol. The van der Waals surface area contributed by atoms with Gasteiger partial charge in [-0.25, -0.2) is 4.98 Å². The number of nitrogens with zero attached hydrogens (tertiary/aromatic N) is 3. The number of benzene rings is 1. The van der Waals surface area contributed by atoms with Crippen LogP contribution in [0.15, 0.2) is 24.3 Å². The van der Waals surface area contributed by atoms with Crippen LogP contribution in [0.4, 0.5) is 10.8 Å². The second-order valence-corrected chi connectivity index (χ2v) is 6.52. The lowest BCUT2D eigenvalue weighted by atomic mass is 10.2. The highest BCUT2D eigenvalue weighted by Gasteiger charge is 2.21. The van der Waals surface area contributed by atoms with Gasteiger partial charge in [0, 0.05) is 36.9 Å². The minimum atomic E-state index is 0.296. The van der Waals surface area contributed by atoms with Crippen LogP contribution in [0.2, 0.25) is 10.2 Å². The number of carbonyl (C=O) groups is 1. The molecule has 7 heteroatoms. The van der Waals surface area contributed by atoms with E-state index in [1.807, 2.05) is 24.3 Å². The number of anilines is 2. The second-order valence-electron chi connectivity index (χ2n) is 4.72. The van der Waals surface area contributed by atoms with Gasteiger partial charge in [-0.15, -0.1) is 0 Å². The Morgan fingerprint density at radius 3 is 2.24 bits per heavy atom. The van der Waals surface area contributed by atoms with E-state index in [0.29, 0.717) is 10.0 Å². The van der Waals surface area contributed by atoms with Gasteiger partial charge in [0.2, 0.25) is 0 Å². The molecule has 0 saturated carbocycles. The minimum absolute atomic E-state index is 0.296. The fourth-order valence-corrected chi connectivity index (χ4v) is 3.56. The van der Waals surface area contributed by atoms with Crippen LogP contribution in [-0.4, -0.2) is 37.4 Å². The Balaban J connectivity index is 1.67. The predicted molar refractivity (Wildman–Crippen MR) is 88.4 cm³/mol. The van der Waals surface area contributed by atoms with E-state index >= 15 is 0 Å². The van der Waals surface area contributed by atoms with Crippen molar-refractivity contribution >= 4 is 51.6 Å². The number of halogens is 2. The van der Waals surface area contributed by atoms with Gasteiger partial charge >= 0.3 is 0 Å². The normalized spacial score (nSPS) is 15.3. The molecule has 2 heterocycles. The Bertz CT molecular complexity index is 636. The first-order valence-corrected chi connectivity index (χ1v) is 8.11. The topological polar surface area (TPSA) is 36.4 Å². The van der Waals surface area contributed by atoms with E-state index in [9.17, 15) is 4.79 Å². The first kappa shape index (κ1) is 14.6. The Kier molecular flexibility index (Phi) is 4.33. The molecule has 0 unspecified atom stereocenters. The summed E-state index contributed by atoms with van der Waals surface area (Å²) in [5.74, 6) is 0. The van der Waals surface area contributed by atoms with Crippen LogP contribution in [0.25, 0.3) is 0 Å². The maximum absolute atomic E-state index is 10.8. The van der Waals surface area contributed by atoms with Crippen molar-refractivity contribution < 1.29 is 4.79 Å². The molecule has 0 spiro atoms. The molecule has 1 aromatic heterocycles. The standard InChI is InChI=1S/C14H13Cl2N3OS/c15-10-1-3-11(4-2-10)18-5-7-19(8-6-18)14-17-13(16)12(9-20)21-14/h1-4,9H,5-8H2. The van der Waals surface area contributed by atoms with Crippen molar-refractivity contribution in [1.82, 2.24) is 4.98 Å². The van der Waals surface area contributed by atoms with Crippen molar-refractivity contribution in [3.05, 3.63) is 39.3 Å². The lowest BCUT2D eigenvalue weighted by Gasteiger charge is -2.36. The van der Waals surface area contributed by atoms with E-state index in [1.54, 1.807) is 0 Å². The molecule has 2 aromatic rings. The van der Waals surface area contributed by atoms with Crippen molar-refractivity contribution in [2.75, 3.05) is 36.0 Å². The molecule has 0 radical (unpaired) electrons. The molecule has 4 nitrogen and oxygen atoms in total. The molecule has 110 valence electrons. The van der Waals surface area contributed by atoms with Crippen molar-refractivity contribution in [2.45, 2.75) is 0 Å². The summed E-state index contributed by atoms with van der Waals surface area (Å²) in [5.41, 5.74) is 1.17. The number of aromatic nitrogens is 1. The summed E-state index contributed by atoms with van der Waals surface area (Å²) in [5, 5.41) is 1.86. The number of hydrogen-bond acceptors (Lipinski definition) is 5. The van der Waals surface area contributed by atoms with Gasteiger partial charge in [-0.05, 0) is 24.3 Å². The molecule has 0 amide bonds. The van der Waals surface area contributed by atoms with Crippen LogP contribution in [0.3, 0.4) is 0 Å². The molecule has 0 atom stereocenters. The van der Waals surface area contributed by atoms with E-state index in [4.69, 9.17) is 23.2 Å². The zero-order valence-electron chi connectivity index (χ0n) is 11.1. The third-order valence-electron chi connectivity index (χ3n) is 3.45. The molecule has 1 aliphatic rings. The van der Waals surface area contributed by atoms with Gasteiger partial charge in [0.15, 0.2) is 16.6 Å². The SMILES string of the molecule is O=Cc1sc(N2CCN(c3ccc(Cl)cc3)CC2)nc1Cl. The minimum Gasteiger partial charge on any atom is -0.368 e. The monoisotopic (exact) mass is 341 g/mol. The van der Waals surface area contributed by atoms with Gasteiger partial charge < -0.3 is 9.80 Å². The van der Waals surface area contributed by atoms with Gasteiger partial charge in [0.25, 0.3) is 0 Å². The van der Waals surface area contributed by atoms with Crippen LogP contribution in [-0.2, 0) is 0 Å². The van der Waals surface area contributed by atoms with Gasteiger partial charge in [-0.3, -0.25) is 4.79 Å². The summed E-state index contributed by atoms with van der Waals surface area (Å²) in [6.07, 6.45) is 0.757. The Morgan fingerprint density at radius 2 is 1.67 bits per heavy atom. The summed E-state index contributed by atoms with van der Waals surface area (Å²) >= 11 is 13.2. The molecule has 0 N–H and O–H groups in total. The van der Waals surface area contributed by atoms with Crippen LogP contribution in [0.1, 0.15) is 9.67 Å². The van der Waals surface area contributed by atoms with E-state index in [1.165, 1.54) is 17.0 Å². The first-order chi connectivity index (χ1) is 10.2. The zero-order chi connectivity index (χ0) is 14.8. The van der Waals surface area contributed by atoms with Gasteiger partial charge in [-0.1, -0.05) is 34.5 Å². The average Bonchev–Trinajstić information content (AvgIpc) is 2.89. The smallest absolute Gasteiger partial charge is 0.187 e. The van der Waals surface area contributed by atoms with Gasteiger partial charge in [-0.2, -0.15) is 0 Å². The molecule has 1 fully saturated rings. The number of piperazine rings is 1. The number of rotatable bonds is 3. The van der Waals surface area contributed by atoms with Crippen LogP contribution in [0.5, 0.6) is 0 Å². The van der Waals surface area contributed by atoms with Crippen molar-refractivity contribution in [3.63, 3.8) is 0 Å². The Hall–Kier alpha value is -1.30. The molecule has 1 saturated heterocycles. The highest BCUT2D eigenvalue weighted by molar-refractivity contribution is 7.17. The van der Waals surface area contributed by atoms with Crippen molar-refractivity contribution in [2.24, 2.45) is 0 Å². The molecule has 1 aromatic carbocycles. The zero-order valence-corrected chi connectivity index (χ0v) is 13.5. The quantitative estimate of drug-likeness (QED) is 0.799. The molecule has 0 bridgehead atoms. The summed E-state index contributed by atoms with van der Waals surface area (Å²) in [7, 11) is 0. The average molecular weight is 342 g/mol. The summed E-state index contributed by atoms with van der Waals surface area (Å²) < 4.78 is 0. The number of thiazole rings is 1. The molecule has 21 heavy (non-hydrogen) atoms. The molecule has 0 aliphatic carbocycles. The van der Waals surface area contributed by atoms with E-state index in [-0.39, 0.29) is 0 Å². The maximum atomic E-state index is 10.8. The van der Waals surface area contributed by atoms with E-state index in [0.717, 1.165) is 42.6 Å². The highest BCUT2D eigenvalue weighted by Crippen LogP contribution is 2.29. The van der Waals surface area contributed by atoms with Gasteiger partial charge in [0.1, 0.15) is 4.88 Å². The summed E-state index contributed by atoms with van der Waals surface area (Å²) in [4.78, 5) is 20.1. The van der Waals surface area contributed by atoms with Gasteiger partial charge in [0.05, 0.1) is 0 Å². The third kappa shape index (κ3) is 3.15. The summed E-state index contributed by atoms with van der Waals surface area (Å²) in [6, 6.07) is 7.87. The number of aldehydes is 1. The fourth-order valence-electron chi connectivity index (χ4n) is 2.32. The first-order valence-electron chi connectivity index (χ1n) is 6.54. The highest BCUT2D eigenvalue weighted by atomic mass is 35.5. The van der Waals surface area contributed by atoms with E-state index < -0.39 is 0 Å². The second kappa shape index (κ2) is 6.22. The number of carbonyl (C=O) groups excluding carboxylic acids is 1. The molecular formula is C14H13Cl2N3OS. The number of hydrogen-bond donors (Lipinski definition) is 0. The fraction of sp³-hybridized carbons (Fsp3) is 0.286. The molecule has 1 aliphatic heterocycles. The van der Waals surface area contributed by atoms with Crippen LogP contribution in [0, 0.1) is 0 Å². The Morgan fingerprint density at radius 1 is 1.05 bits per heavy atom. The predicted octanol–water partition coefficient (Wildman–Crippen LogP) is 3.59. The Labute approximate surface area is 136 Å². The van der Waals surface area contributed by atoms with Crippen LogP contribution >= 0.6 is 34.5 Å². The van der Waals surface area contributed by atoms with Crippen molar-refractivity contribution in [3.8, 4) is 0 Å². The summed E-state index contributed by atoms with van der Waals surface area (Å²) in [6.45, 7) is 3.50. The largest absolute Gasteiger partial charge is 0.368 e. The molecule has 3 rings (SSSR count). The maximum Gasteiger partial charge on any atom is 0.187 e. The van der Waals surface area contributed by atoms with E-state index in [2.05, 4.69) is 14.8 Å².